The Morgan fingerprint density at radius 1 is 0.600 bits per heavy atom. The molecule has 0 N–H and O–H groups in total. The average molecular weight is 323 g/mol. The molecule has 1 heteroatoms. The van der Waals surface area contributed by atoms with Gasteiger partial charge in [-0.15, -0.1) is 0 Å². The van der Waals surface area contributed by atoms with Crippen LogP contribution in [0, 0.1) is 0 Å². The molecule has 0 saturated heterocycles. The Morgan fingerprint density at radius 2 is 1.16 bits per heavy atom. The normalized spacial score (nSPS) is 31.9. The minimum atomic E-state index is -0.253. The molecule has 5 rings (SSSR count). The minimum absolute atomic E-state index is 0.0615. The standard InChI is InChI=1S/C24H21N/c1-22(19-12-5-3-6-13-19)23(2)21-16-10-9-11-18(21)17-25-24(22,23)20-14-7-4-8-15-20/h3-17H,1-2H3/t22-,23-,24+/m0/s1. The molecule has 1 saturated carbocycles. The smallest absolute Gasteiger partial charge is 0.106 e. The Hall–Kier alpha value is -2.67. The van der Waals surface area contributed by atoms with E-state index in [2.05, 4.69) is 105 Å². The van der Waals surface area contributed by atoms with Crippen molar-refractivity contribution in [2.75, 3.05) is 0 Å². The van der Waals surface area contributed by atoms with Crippen molar-refractivity contribution in [2.45, 2.75) is 30.2 Å². The monoisotopic (exact) mass is 323 g/mol. The molecule has 122 valence electrons. The van der Waals surface area contributed by atoms with Gasteiger partial charge in [-0.2, -0.15) is 0 Å². The summed E-state index contributed by atoms with van der Waals surface area (Å²) in [5.74, 6) is 0. The molecule has 1 fully saturated rings. The van der Waals surface area contributed by atoms with E-state index in [1.807, 2.05) is 0 Å². The van der Waals surface area contributed by atoms with Crippen LogP contribution in [0.3, 0.4) is 0 Å². The molecule has 2 aliphatic rings. The maximum atomic E-state index is 5.22. The lowest BCUT2D eigenvalue weighted by atomic mass is 9.82. The Morgan fingerprint density at radius 3 is 1.84 bits per heavy atom. The maximum absolute atomic E-state index is 5.22. The van der Waals surface area contributed by atoms with Crippen molar-refractivity contribution >= 4 is 6.21 Å². The molecule has 0 unspecified atom stereocenters. The minimum Gasteiger partial charge on any atom is -0.279 e. The van der Waals surface area contributed by atoms with Crippen molar-refractivity contribution in [2.24, 2.45) is 4.99 Å². The van der Waals surface area contributed by atoms with Crippen LogP contribution in [0.2, 0.25) is 0 Å². The van der Waals surface area contributed by atoms with Gasteiger partial charge in [0.15, 0.2) is 0 Å². The Kier molecular flexibility index (Phi) is 2.75. The third kappa shape index (κ3) is 1.48. The van der Waals surface area contributed by atoms with E-state index in [-0.39, 0.29) is 16.4 Å². The van der Waals surface area contributed by atoms with Crippen molar-refractivity contribution in [3.63, 3.8) is 0 Å². The summed E-state index contributed by atoms with van der Waals surface area (Å²) >= 11 is 0. The molecule has 1 aliphatic heterocycles. The second-order valence-electron chi connectivity index (χ2n) is 7.54. The van der Waals surface area contributed by atoms with Gasteiger partial charge in [-0.25, -0.2) is 0 Å². The number of fused-ring (bicyclic) bond motifs is 3. The van der Waals surface area contributed by atoms with Gasteiger partial charge in [0.25, 0.3) is 0 Å². The molecule has 1 aliphatic carbocycles. The lowest BCUT2D eigenvalue weighted by molar-refractivity contribution is 0.586. The zero-order valence-corrected chi connectivity index (χ0v) is 14.6. The molecule has 3 aromatic rings. The van der Waals surface area contributed by atoms with Crippen molar-refractivity contribution in [3.8, 4) is 0 Å². The first-order chi connectivity index (χ1) is 12.2. The van der Waals surface area contributed by atoms with Crippen LogP contribution >= 0.6 is 0 Å². The van der Waals surface area contributed by atoms with Gasteiger partial charge < -0.3 is 0 Å². The van der Waals surface area contributed by atoms with E-state index < -0.39 is 0 Å². The number of hydrogen-bond donors (Lipinski definition) is 0. The van der Waals surface area contributed by atoms with E-state index in [9.17, 15) is 0 Å². The van der Waals surface area contributed by atoms with E-state index in [0.29, 0.717) is 0 Å². The molecular weight excluding hydrogens is 302 g/mol. The highest BCUT2D eigenvalue weighted by molar-refractivity contribution is 5.89. The van der Waals surface area contributed by atoms with E-state index in [0.717, 1.165) is 0 Å². The van der Waals surface area contributed by atoms with Crippen molar-refractivity contribution in [1.82, 2.24) is 0 Å². The topological polar surface area (TPSA) is 12.4 Å². The third-order valence-corrected chi connectivity index (χ3v) is 6.82. The van der Waals surface area contributed by atoms with Gasteiger partial charge in [0.2, 0.25) is 0 Å². The number of hydrogen-bond acceptors (Lipinski definition) is 1. The molecule has 1 nitrogen and oxygen atoms in total. The Bertz CT molecular complexity index is 965. The van der Waals surface area contributed by atoms with Crippen LogP contribution in [-0.2, 0) is 16.4 Å². The fraction of sp³-hybridized carbons (Fsp3) is 0.208. The van der Waals surface area contributed by atoms with Gasteiger partial charge in [0, 0.05) is 17.0 Å². The van der Waals surface area contributed by atoms with E-state index in [4.69, 9.17) is 4.99 Å². The van der Waals surface area contributed by atoms with Gasteiger partial charge in [-0.05, 0) is 22.3 Å². The van der Waals surface area contributed by atoms with Crippen LogP contribution in [0.5, 0.6) is 0 Å². The zero-order chi connectivity index (χ0) is 17.1. The lowest BCUT2D eigenvalue weighted by Gasteiger charge is -2.25. The third-order valence-electron chi connectivity index (χ3n) is 6.82. The molecule has 0 amide bonds. The van der Waals surface area contributed by atoms with Crippen LogP contribution in [-0.4, -0.2) is 6.21 Å². The quantitative estimate of drug-likeness (QED) is 0.611. The lowest BCUT2D eigenvalue weighted by Crippen LogP contribution is -2.23. The van der Waals surface area contributed by atoms with Gasteiger partial charge in [0.1, 0.15) is 5.54 Å². The number of nitrogens with zero attached hydrogens (tertiary/aromatic N) is 1. The molecule has 3 atom stereocenters. The van der Waals surface area contributed by atoms with Crippen LogP contribution < -0.4 is 0 Å². The van der Waals surface area contributed by atoms with E-state index >= 15 is 0 Å². The van der Waals surface area contributed by atoms with Gasteiger partial charge >= 0.3 is 0 Å². The second kappa shape index (κ2) is 4.70. The molecular formula is C24H21N. The molecule has 0 bridgehead atoms. The first-order valence-corrected chi connectivity index (χ1v) is 8.92. The fourth-order valence-corrected chi connectivity index (χ4v) is 5.44. The predicted octanol–water partition coefficient (Wildman–Crippen LogP) is 5.24. The van der Waals surface area contributed by atoms with Crippen LogP contribution in [0.25, 0.3) is 0 Å². The largest absolute Gasteiger partial charge is 0.279 e. The Labute approximate surface area is 149 Å². The van der Waals surface area contributed by atoms with Crippen molar-refractivity contribution in [3.05, 3.63) is 107 Å². The highest BCUT2D eigenvalue weighted by Gasteiger charge is 2.85. The summed E-state index contributed by atoms with van der Waals surface area (Å²) < 4.78 is 0. The van der Waals surface area contributed by atoms with Crippen molar-refractivity contribution < 1.29 is 0 Å². The highest BCUT2D eigenvalue weighted by atomic mass is 15.1. The zero-order valence-electron chi connectivity index (χ0n) is 14.6. The molecule has 25 heavy (non-hydrogen) atoms. The molecule has 0 radical (unpaired) electrons. The highest BCUT2D eigenvalue weighted by Crippen LogP contribution is 2.80. The summed E-state index contributed by atoms with van der Waals surface area (Å²) in [6, 6.07) is 30.4. The van der Waals surface area contributed by atoms with E-state index in [1.54, 1.807) is 0 Å². The summed E-state index contributed by atoms with van der Waals surface area (Å²) in [5.41, 5.74) is 4.91. The molecule has 3 aromatic carbocycles. The summed E-state index contributed by atoms with van der Waals surface area (Å²) in [6.45, 7) is 4.77. The average Bonchev–Trinajstić information content (AvgIpc) is 3.16. The molecule has 1 heterocycles. The summed E-state index contributed by atoms with van der Waals surface area (Å²) in [7, 11) is 0. The maximum Gasteiger partial charge on any atom is 0.106 e. The first-order valence-electron chi connectivity index (χ1n) is 8.92. The van der Waals surface area contributed by atoms with Gasteiger partial charge in [0.05, 0.1) is 0 Å². The summed E-state index contributed by atoms with van der Waals surface area (Å²) in [6.07, 6.45) is 2.08. The molecule has 0 aromatic heterocycles. The Balaban J connectivity index is 1.85. The number of benzene rings is 3. The molecule has 0 spiro atoms. The number of rotatable bonds is 2. The van der Waals surface area contributed by atoms with Gasteiger partial charge in [-0.1, -0.05) is 98.8 Å². The van der Waals surface area contributed by atoms with Gasteiger partial charge in [-0.3, -0.25) is 4.99 Å². The number of aliphatic imine (C=N–C) groups is 1. The van der Waals surface area contributed by atoms with Crippen LogP contribution in [0.15, 0.2) is 89.9 Å². The fourth-order valence-electron chi connectivity index (χ4n) is 5.44. The summed E-state index contributed by atoms with van der Waals surface area (Å²) in [5, 5.41) is 0. The van der Waals surface area contributed by atoms with Crippen LogP contribution in [0.4, 0.5) is 0 Å². The predicted molar refractivity (Wildman–Crippen MR) is 103 cm³/mol. The van der Waals surface area contributed by atoms with Crippen molar-refractivity contribution in [1.29, 1.82) is 0 Å². The summed E-state index contributed by atoms with van der Waals surface area (Å²) in [4.78, 5) is 5.22. The SMILES string of the molecule is C[C@]1(c2ccccc2)[C@]2(C)c3ccccc3C=N[C@]12c1ccccc1. The van der Waals surface area contributed by atoms with E-state index in [1.165, 1.54) is 22.3 Å². The van der Waals surface area contributed by atoms with Crippen LogP contribution in [0.1, 0.15) is 36.1 Å². The first kappa shape index (κ1) is 14.7. The second-order valence-corrected chi connectivity index (χ2v) is 7.54.